The Balaban J connectivity index is 1.35. The van der Waals surface area contributed by atoms with E-state index in [2.05, 4.69) is 20.8 Å². The third kappa shape index (κ3) is 7.28. The average Bonchev–Trinajstić information content (AvgIpc) is 3.32. The van der Waals surface area contributed by atoms with Crippen LogP contribution in [0.25, 0.3) is 0 Å². The molecular weight excluding hydrogens is 548 g/mol. The molecule has 11 atom stereocenters. The van der Waals surface area contributed by atoms with Crippen molar-refractivity contribution in [2.45, 2.75) is 148 Å². The molecule has 43 heavy (non-hydrogen) atoms. The van der Waals surface area contributed by atoms with E-state index in [9.17, 15) is 24.9 Å². The van der Waals surface area contributed by atoms with Crippen LogP contribution >= 0.6 is 0 Å². The molecule has 0 aromatic carbocycles. The molecule has 248 valence electrons. The van der Waals surface area contributed by atoms with Gasteiger partial charge in [0.25, 0.3) is 0 Å². The van der Waals surface area contributed by atoms with Gasteiger partial charge in [0.05, 0.1) is 19.3 Å². The van der Waals surface area contributed by atoms with Crippen LogP contribution in [0.3, 0.4) is 0 Å². The topological polar surface area (TPSA) is 134 Å². The third-order valence-electron chi connectivity index (χ3n) is 12.9. The van der Waals surface area contributed by atoms with E-state index in [1.54, 1.807) is 0 Å². The molecule has 0 heterocycles. The van der Waals surface area contributed by atoms with E-state index < -0.39 is 18.0 Å². The monoisotopic (exact) mass is 608 g/mol. The molecule has 0 radical (unpaired) electrons. The van der Waals surface area contributed by atoms with Crippen LogP contribution in [0.15, 0.2) is 0 Å². The molecule has 0 unspecified atom stereocenters. The molecule has 4 N–H and O–H groups in total. The van der Waals surface area contributed by atoms with E-state index in [1.165, 1.54) is 7.11 Å². The number of esters is 2. The lowest BCUT2D eigenvalue weighted by Crippen LogP contribution is -2.63. The minimum Gasteiger partial charge on any atom is -0.469 e. The second-order valence-electron chi connectivity index (χ2n) is 15.3. The highest BCUT2D eigenvalue weighted by Gasteiger charge is 2.66. The summed E-state index contributed by atoms with van der Waals surface area (Å²) in [5, 5.41) is 43.8. The minimum atomic E-state index is -1.49. The van der Waals surface area contributed by atoms with Crippen LogP contribution in [0.5, 0.6) is 0 Å². The van der Waals surface area contributed by atoms with Gasteiger partial charge in [-0.1, -0.05) is 52.9 Å². The fourth-order valence-electron chi connectivity index (χ4n) is 10.4. The first-order valence-electron chi connectivity index (χ1n) is 17.4. The molecule has 4 aliphatic rings. The summed E-state index contributed by atoms with van der Waals surface area (Å²) in [5.41, 5.74) is -0.444. The quantitative estimate of drug-likeness (QED) is 0.115. The molecular formula is C35H60O8. The number of hydrogen-bond acceptors (Lipinski definition) is 8. The van der Waals surface area contributed by atoms with Crippen LogP contribution in [0.2, 0.25) is 0 Å². The first-order valence-corrected chi connectivity index (χ1v) is 17.4. The number of rotatable bonds is 14. The summed E-state index contributed by atoms with van der Waals surface area (Å²) >= 11 is 0. The fraction of sp³-hybridized carbons (Fsp3) is 0.943. The Labute approximate surface area is 259 Å². The summed E-state index contributed by atoms with van der Waals surface area (Å²) in [6, 6.07) is 0. The van der Waals surface area contributed by atoms with Gasteiger partial charge in [0, 0.05) is 32.3 Å². The summed E-state index contributed by atoms with van der Waals surface area (Å²) in [6.45, 7) is 6.95. The van der Waals surface area contributed by atoms with Gasteiger partial charge in [-0.2, -0.15) is 0 Å². The van der Waals surface area contributed by atoms with E-state index in [4.69, 9.17) is 14.6 Å². The van der Waals surface area contributed by atoms with Gasteiger partial charge in [-0.3, -0.25) is 9.59 Å². The Morgan fingerprint density at radius 3 is 2.23 bits per heavy atom. The van der Waals surface area contributed by atoms with Crippen molar-refractivity contribution >= 4 is 11.9 Å². The number of ether oxygens (including phenoxy) is 2. The average molecular weight is 609 g/mol. The molecule has 4 fully saturated rings. The van der Waals surface area contributed by atoms with Gasteiger partial charge >= 0.3 is 11.9 Å². The lowest BCUT2D eigenvalue weighted by atomic mass is 9.43. The SMILES string of the molecule is COC(=O)CC[C@@H](C)[C@H]1CC[C@H]2[C@@H]3[C@H](O)C[C@@H]4C[C@@](O)(OC(=O)CCCCCCCCCO)CC[C@]4(C)[C@H]3C[C@H](O)[C@]12C. The van der Waals surface area contributed by atoms with Crippen LogP contribution in [-0.2, 0) is 19.1 Å². The number of fused-ring (bicyclic) bond motifs is 5. The highest BCUT2D eigenvalue weighted by molar-refractivity contribution is 5.69. The molecule has 8 heteroatoms. The number of carbonyl (C=O) groups is 2. The summed E-state index contributed by atoms with van der Waals surface area (Å²) in [5.74, 6) is -0.980. The number of hydrogen-bond donors (Lipinski definition) is 4. The molecule has 0 bridgehead atoms. The summed E-state index contributed by atoms with van der Waals surface area (Å²) in [6.07, 6.45) is 11.9. The highest BCUT2D eigenvalue weighted by Crippen LogP contribution is 2.69. The molecule has 0 saturated heterocycles. The smallest absolute Gasteiger partial charge is 0.308 e. The van der Waals surface area contributed by atoms with Gasteiger partial charge in [0.2, 0.25) is 5.79 Å². The Morgan fingerprint density at radius 1 is 0.884 bits per heavy atom. The Morgan fingerprint density at radius 2 is 1.56 bits per heavy atom. The number of unbranched alkanes of at least 4 members (excludes halogenated alkanes) is 6. The molecule has 8 nitrogen and oxygen atoms in total. The van der Waals surface area contributed by atoms with Crippen LogP contribution in [0.1, 0.15) is 130 Å². The van der Waals surface area contributed by atoms with Gasteiger partial charge in [-0.15, -0.1) is 0 Å². The predicted molar refractivity (Wildman–Crippen MR) is 163 cm³/mol. The number of carbonyl (C=O) groups excluding carboxylic acids is 2. The van der Waals surface area contributed by atoms with Gasteiger partial charge in [0.15, 0.2) is 0 Å². The van der Waals surface area contributed by atoms with Crippen LogP contribution < -0.4 is 0 Å². The third-order valence-corrected chi connectivity index (χ3v) is 12.9. The molecule has 0 aliphatic heterocycles. The van der Waals surface area contributed by atoms with Gasteiger partial charge in [-0.25, -0.2) is 0 Å². The van der Waals surface area contributed by atoms with Crippen LogP contribution in [0, 0.1) is 46.3 Å². The van der Waals surface area contributed by atoms with Crippen molar-refractivity contribution in [3.8, 4) is 0 Å². The molecule has 0 spiro atoms. The second kappa shape index (κ2) is 14.5. The first-order chi connectivity index (χ1) is 20.4. The van der Waals surface area contributed by atoms with Crippen molar-refractivity contribution in [1.82, 2.24) is 0 Å². The summed E-state index contributed by atoms with van der Waals surface area (Å²) in [7, 11) is 1.42. The van der Waals surface area contributed by atoms with Crippen LogP contribution in [-0.4, -0.2) is 64.1 Å². The lowest BCUT2D eigenvalue weighted by Gasteiger charge is -2.64. The van der Waals surface area contributed by atoms with E-state index >= 15 is 0 Å². The summed E-state index contributed by atoms with van der Waals surface area (Å²) in [4.78, 5) is 24.5. The Hall–Kier alpha value is -1.22. The number of methoxy groups -OCH3 is 1. The molecule has 0 aromatic rings. The largest absolute Gasteiger partial charge is 0.469 e. The van der Waals surface area contributed by atoms with Crippen molar-refractivity contribution in [3.05, 3.63) is 0 Å². The molecule has 4 saturated carbocycles. The second-order valence-corrected chi connectivity index (χ2v) is 15.3. The maximum Gasteiger partial charge on any atom is 0.308 e. The van der Waals surface area contributed by atoms with Crippen molar-refractivity contribution in [3.63, 3.8) is 0 Å². The van der Waals surface area contributed by atoms with E-state index in [0.29, 0.717) is 44.9 Å². The van der Waals surface area contributed by atoms with Crippen molar-refractivity contribution < 1.29 is 39.5 Å². The lowest BCUT2D eigenvalue weighted by molar-refractivity contribution is -0.265. The summed E-state index contributed by atoms with van der Waals surface area (Å²) < 4.78 is 10.6. The zero-order chi connectivity index (χ0) is 31.4. The zero-order valence-electron chi connectivity index (χ0n) is 27.3. The van der Waals surface area contributed by atoms with Crippen LogP contribution in [0.4, 0.5) is 0 Å². The number of aliphatic hydroxyl groups excluding tert-OH is 3. The van der Waals surface area contributed by atoms with Crippen molar-refractivity contribution in [1.29, 1.82) is 0 Å². The zero-order valence-corrected chi connectivity index (χ0v) is 27.3. The van der Waals surface area contributed by atoms with Gasteiger partial charge < -0.3 is 29.9 Å². The molecule has 0 amide bonds. The molecule has 4 rings (SSSR count). The van der Waals surface area contributed by atoms with E-state index in [1.807, 2.05) is 0 Å². The van der Waals surface area contributed by atoms with Crippen molar-refractivity contribution in [2.75, 3.05) is 13.7 Å². The van der Waals surface area contributed by atoms with E-state index in [-0.39, 0.29) is 64.9 Å². The van der Waals surface area contributed by atoms with Gasteiger partial charge in [-0.05, 0) is 97.7 Å². The van der Waals surface area contributed by atoms with Crippen molar-refractivity contribution in [2.24, 2.45) is 46.3 Å². The number of aliphatic hydroxyl groups is 4. The van der Waals surface area contributed by atoms with E-state index in [0.717, 1.165) is 64.2 Å². The fourth-order valence-corrected chi connectivity index (χ4v) is 10.4. The van der Waals surface area contributed by atoms with Gasteiger partial charge in [0.1, 0.15) is 0 Å². The molecule has 0 aromatic heterocycles. The standard InChI is InChI=1S/C35H60O8/c1-23(13-16-30(39)42-4)25-14-15-26-32-27(21-29(38)34(25,26)3)33(2)17-18-35(41,22-24(33)20-28(32)37)43-31(40)12-10-8-6-5-7-9-11-19-36/h23-29,32,36-38,41H,5-22H2,1-4H3/t23-,24-,25-,26+,27+,28-,29+,32+,33+,34-,35+/m1/s1. The Kier molecular flexibility index (Phi) is 11.7. The Bertz CT molecular complexity index is 941. The maximum atomic E-state index is 12.7. The molecule has 4 aliphatic carbocycles. The maximum absolute atomic E-state index is 12.7. The first kappa shape index (κ1) is 34.6. The normalized spacial score (nSPS) is 41.1. The minimum absolute atomic E-state index is 0.0157. The predicted octanol–water partition coefficient (Wildman–Crippen LogP) is 5.52. The highest BCUT2D eigenvalue weighted by atomic mass is 16.7.